The Kier molecular flexibility index (Phi) is 3.92. The van der Waals surface area contributed by atoms with Gasteiger partial charge in [0.15, 0.2) is 0 Å². The molecule has 0 aromatic carbocycles. The van der Waals surface area contributed by atoms with Crippen molar-refractivity contribution in [1.29, 1.82) is 0 Å². The molecule has 0 spiro atoms. The van der Waals surface area contributed by atoms with Gasteiger partial charge in [-0.2, -0.15) is 0 Å². The molecule has 0 amide bonds. The quantitative estimate of drug-likeness (QED) is 0.744. The molecule has 1 aliphatic carbocycles. The van der Waals surface area contributed by atoms with E-state index in [0.717, 1.165) is 12.6 Å². The first-order chi connectivity index (χ1) is 8.81. The van der Waals surface area contributed by atoms with Gasteiger partial charge < -0.3 is 4.74 Å². The average molecular weight is 252 g/mol. The number of nitrogens with zero attached hydrogens (tertiary/aromatic N) is 2. The van der Waals surface area contributed by atoms with E-state index in [4.69, 9.17) is 4.74 Å². The molecule has 2 saturated heterocycles. The van der Waals surface area contributed by atoms with Gasteiger partial charge in [0.1, 0.15) is 0 Å². The normalized spacial score (nSPS) is 32.2. The second-order valence-electron chi connectivity index (χ2n) is 6.66. The van der Waals surface area contributed by atoms with Crippen molar-refractivity contribution in [3.8, 4) is 0 Å². The number of piperazine rings is 1. The third-order valence-electron chi connectivity index (χ3n) is 5.27. The Bertz CT molecular complexity index is 278. The Hall–Kier alpha value is -0.120. The third kappa shape index (κ3) is 2.89. The fourth-order valence-corrected chi connectivity index (χ4v) is 3.82. The van der Waals surface area contributed by atoms with E-state index in [9.17, 15) is 0 Å². The first kappa shape index (κ1) is 12.9. The van der Waals surface area contributed by atoms with E-state index in [1.807, 2.05) is 7.11 Å². The van der Waals surface area contributed by atoms with E-state index in [1.54, 1.807) is 0 Å². The molecule has 0 aromatic rings. The lowest BCUT2D eigenvalue weighted by Gasteiger charge is -2.45. The molecule has 1 atom stereocenters. The maximum Gasteiger partial charge on any atom is 0.0468 e. The molecule has 3 heteroatoms. The Balaban J connectivity index is 1.49. The summed E-state index contributed by atoms with van der Waals surface area (Å²) < 4.78 is 5.27. The van der Waals surface area contributed by atoms with Crippen LogP contribution in [0.25, 0.3) is 0 Å². The average Bonchev–Trinajstić information content (AvgIpc) is 3.16. The van der Waals surface area contributed by atoms with Gasteiger partial charge in [-0.25, -0.2) is 0 Å². The Morgan fingerprint density at radius 3 is 2.83 bits per heavy atom. The monoisotopic (exact) mass is 252 g/mol. The van der Waals surface area contributed by atoms with Crippen LogP contribution < -0.4 is 0 Å². The summed E-state index contributed by atoms with van der Waals surface area (Å²) in [5, 5.41) is 0. The summed E-state index contributed by atoms with van der Waals surface area (Å²) in [4.78, 5) is 5.48. The van der Waals surface area contributed by atoms with Crippen molar-refractivity contribution in [2.75, 3.05) is 46.4 Å². The van der Waals surface area contributed by atoms with Gasteiger partial charge in [-0.3, -0.25) is 9.80 Å². The Morgan fingerprint density at radius 2 is 2.06 bits per heavy atom. The van der Waals surface area contributed by atoms with Crippen LogP contribution in [0.1, 0.15) is 38.5 Å². The molecule has 0 N–H and O–H groups in total. The van der Waals surface area contributed by atoms with E-state index in [2.05, 4.69) is 9.80 Å². The van der Waals surface area contributed by atoms with Crippen LogP contribution >= 0.6 is 0 Å². The van der Waals surface area contributed by atoms with Crippen LogP contribution in [0.2, 0.25) is 0 Å². The SMILES string of the molecule is COCCC1(CN2CCN3CCCCC3C2)CC1. The minimum atomic E-state index is 0.632. The predicted molar refractivity (Wildman–Crippen MR) is 73.8 cm³/mol. The second kappa shape index (κ2) is 5.48. The van der Waals surface area contributed by atoms with Crippen LogP contribution in [0, 0.1) is 5.41 Å². The van der Waals surface area contributed by atoms with Gasteiger partial charge in [-0.1, -0.05) is 6.42 Å². The zero-order chi connectivity index (χ0) is 12.4. The van der Waals surface area contributed by atoms with Crippen LogP contribution in [-0.4, -0.2) is 62.3 Å². The lowest BCUT2D eigenvalue weighted by Crippen LogP contribution is -2.55. The van der Waals surface area contributed by atoms with Gasteiger partial charge in [0, 0.05) is 45.9 Å². The van der Waals surface area contributed by atoms with Crippen LogP contribution in [0.15, 0.2) is 0 Å². The predicted octanol–water partition coefficient (Wildman–Crippen LogP) is 1.97. The van der Waals surface area contributed by atoms with Crippen molar-refractivity contribution in [1.82, 2.24) is 9.80 Å². The van der Waals surface area contributed by atoms with Gasteiger partial charge in [0.05, 0.1) is 0 Å². The molecule has 3 aliphatic rings. The minimum Gasteiger partial charge on any atom is -0.385 e. The standard InChI is InChI=1S/C15H28N2O/c1-18-11-7-15(5-6-15)13-16-9-10-17-8-3-2-4-14(17)12-16/h14H,2-13H2,1H3. The van der Waals surface area contributed by atoms with Crippen molar-refractivity contribution in [3.05, 3.63) is 0 Å². The molecular weight excluding hydrogens is 224 g/mol. The maximum absolute atomic E-state index is 5.27. The van der Waals surface area contributed by atoms with E-state index >= 15 is 0 Å². The maximum atomic E-state index is 5.27. The summed E-state index contributed by atoms with van der Waals surface area (Å²) in [6.07, 6.45) is 8.44. The van der Waals surface area contributed by atoms with Gasteiger partial charge in [0.25, 0.3) is 0 Å². The van der Waals surface area contributed by atoms with E-state index < -0.39 is 0 Å². The van der Waals surface area contributed by atoms with Crippen molar-refractivity contribution in [2.45, 2.75) is 44.6 Å². The molecule has 2 heterocycles. The highest BCUT2D eigenvalue weighted by Crippen LogP contribution is 2.49. The molecule has 0 bridgehead atoms. The molecule has 104 valence electrons. The molecule has 3 nitrogen and oxygen atoms in total. The van der Waals surface area contributed by atoms with Gasteiger partial charge in [-0.15, -0.1) is 0 Å². The Morgan fingerprint density at radius 1 is 1.17 bits per heavy atom. The fraction of sp³-hybridized carbons (Fsp3) is 1.00. The number of methoxy groups -OCH3 is 1. The minimum absolute atomic E-state index is 0.632. The molecule has 3 fully saturated rings. The molecule has 0 aromatic heterocycles. The second-order valence-corrected chi connectivity index (χ2v) is 6.66. The van der Waals surface area contributed by atoms with Crippen molar-refractivity contribution >= 4 is 0 Å². The van der Waals surface area contributed by atoms with Gasteiger partial charge in [0.2, 0.25) is 0 Å². The van der Waals surface area contributed by atoms with Crippen molar-refractivity contribution in [3.63, 3.8) is 0 Å². The molecule has 3 rings (SSSR count). The first-order valence-electron chi connectivity index (χ1n) is 7.77. The number of piperidine rings is 1. The van der Waals surface area contributed by atoms with Crippen LogP contribution in [0.3, 0.4) is 0 Å². The highest BCUT2D eigenvalue weighted by Gasteiger charge is 2.44. The smallest absolute Gasteiger partial charge is 0.0468 e. The number of ether oxygens (including phenoxy) is 1. The molecule has 2 aliphatic heterocycles. The first-order valence-corrected chi connectivity index (χ1v) is 7.77. The zero-order valence-corrected chi connectivity index (χ0v) is 11.9. The van der Waals surface area contributed by atoms with Crippen LogP contribution in [-0.2, 0) is 4.74 Å². The van der Waals surface area contributed by atoms with Crippen LogP contribution in [0.4, 0.5) is 0 Å². The highest BCUT2D eigenvalue weighted by atomic mass is 16.5. The summed E-state index contributed by atoms with van der Waals surface area (Å²) in [7, 11) is 1.83. The zero-order valence-electron chi connectivity index (χ0n) is 11.9. The molecule has 1 saturated carbocycles. The topological polar surface area (TPSA) is 15.7 Å². The Labute approximate surface area is 111 Å². The van der Waals surface area contributed by atoms with Crippen LogP contribution in [0.5, 0.6) is 0 Å². The lowest BCUT2D eigenvalue weighted by molar-refractivity contribution is 0.0356. The fourth-order valence-electron chi connectivity index (χ4n) is 3.82. The van der Waals surface area contributed by atoms with Crippen molar-refractivity contribution in [2.24, 2.45) is 5.41 Å². The van der Waals surface area contributed by atoms with Crippen molar-refractivity contribution < 1.29 is 4.74 Å². The lowest BCUT2D eigenvalue weighted by atomic mass is 9.97. The summed E-state index contributed by atoms with van der Waals surface area (Å²) in [6.45, 7) is 7.57. The summed E-state index contributed by atoms with van der Waals surface area (Å²) in [5.41, 5.74) is 0.632. The number of hydrogen-bond acceptors (Lipinski definition) is 3. The molecule has 0 radical (unpaired) electrons. The molecule has 1 unspecified atom stereocenters. The number of rotatable bonds is 5. The van der Waals surface area contributed by atoms with Gasteiger partial charge in [-0.05, 0) is 44.1 Å². The third-order valence-corrected chi connectivity index (χ3v) is 5.27. The molecule has 18 heavy (non-hydrogen) atoms. The van der Waals surface area contributed by atoms with E-state index in [0.29, 0.717) is 5.41 Å². The largest absolute Gasteiger partial charge is 0.385 e. The molecular formula is C15H28N2O. The highest BCUT2D eigenvalue weighted by molar-refractivity contribution is 4.97. The van der Waals surface area contributed by atoms with Gasteiger partial charge >= 0.3 is 0 Å². The summed E-state index contributed by atoms with van der Waals surface area (Å²) in [5.74, 6) is 0. The van der Waals surface area contributed by atoms with E-state index in [1.165, 1.54) is 71.2 Å². The summed E-state index contributed by atoms with van der Waals surface area (Å²) in [6, 6.07) is 0.866. The van der Waals surface area contributed by atoms with E-state index in [-0.39, 0.29) is 0 Å². The summed E-state index contributed by atoms with van der Waals surface area (Å²) >= 11 is 0. The number of hydrogen-bond donors (Lipinski definition) is 0. The number of fused-ring (bicyclic) bond motifs is 1.